The van der Waals surface area contributed by atoms with Crippen molar-refractivity contribution in [2.75, 3.05) is 36.0 Å². The third kappa shape index (κ3) is 3.74. The number of anilines is 2. The molecule has 2 aliphatic rings. The molecule has 4 aromatic rings. The first-order valence-electron chi connectivity index (χ1n) is 11.6. The number of aryl methyl sites for hydroxylation is 1. The van der Waals surface area contributed by atoms with Gasteiger partial charge in [0, 0.05) is 49.0 Å². The van der Waals surface area contributed by atoms with Gasteiger partial charge in [-0.25, -0.2) is 14.4 Å². The fourth-order valence-corrected chi connectivity index (χ4v) is 6.42. The van der Waals surface area contributed by atoms with Gasteiger partial charge in [-0.3, -0.25) is 4.98 Å². The average molecular weight is 460 g/mol. The lowest BCUT2D eigenvalue weighted by atomic mass is 9.89. The summed E-state index contributed by atoms with van der Waals surface area (Å²) in [5, 5.41) is 1.23. The van der Waals surface area contributed by atoms with Crippen molar-refractivity contribution in [3.63, 3.8) is 0 Å². The Balaban J connectivity index is 1.40. The second kappa shape index (κ2) is 8.37. The molecule has 4 heterocycles. The number of rotatable bonds is 3. The van der Waals surface area contributed by atoms with Crippen LogP contribution in [0.4, 0.5) is 15.9 Å². The van der Waals surface area contributed by atoms with Gasteiger partial charge in [-0.1, -0.05) is 19.1 Å². The quantitative estimate of drug-likeness (QED) is 0.414. The van der Waals surface area contributed by atoms with Gasteiger partial charge in [0.25, 0.3) is 0 Å². The van der Waals surface area contributed by atoms with E-state index >= 15 is 0 Å². The van der Waals surface area contributed by atoms with E-state index in [-0.39, 0.29) is 5.82 Å². The van der Waals surface area contributed by atoms with Gasteiger partial charge in [0.15, 0.2) is 5.82 Å². The van der Waals surface area contributed by atoms with Crippen LogP contribution in [0.25, 0.3) is 21.6 Å². The Morgan fingerprint density at radius 3 is 2.61 bits per heavy atom. The van der Waals surface area contributed by atoms with E-state index in [0.717, 1.165) is 61.1 Å². The molecule has 0 N–H and O–H groups in total. The number of benzene rings is 1. The van der Waals surface area contributed by atoms with Crippen molar-refractivity contribution in [1.29, 1.82) is 0 Å². The van der Waals surface area contributed by atoms with Gasteiger partial charge >= 0.3 is 0 Å². The monoisotopic (exact) mass is 459 g/mol. The van der Waals surface area contributed by atoms with Crippen molar-refractivity contribution < 1.29 is 4.39 Å². The van der Waals surface area contributed by atoms with E-state index in [1.54, 1.807) is 12.3 Å². The fourth-order valence-electron chi connectivity index (χ4n) is 5.04. The van der Waals surface area contributed by atoms with Crippen LogP contribution < -0.4 is 9.80 Å². The SMILES string of the molecule is C[C@@H]1CCc2c(sc3nc(-c4cccnc4)nc(N4CCN(c5ccccc5F)CC4)c23)C1. The molecule has 1 atom stereocenters. The van der Waals surface area contributed by atoms with Crippen molar-refractivity contribution in [1.82, 2.24) is 15.0 Å². The summed E-state index contributed by atoms with van der Waals surface area (Å²) in [5.74, 6) is 2.31. The van der Waals surface area contributed by atoms with Crippen molar-refractivity contribution in [3.8, 4) is 11.4 Å². The molecule has 168 valence electrons. The molecule has 1 saturated heterocycles. The fraction of sp³-hybridized carbons (Fsp3) is 0.346. The highest BCUT2D eigenvalue weighted by molar-refractivity contribution is 7.19. The van der Waals surface area contributed by atoms with Crippen LogP contribution in [0.5, 0.6) is 0 Å². The Morgan fingerprint density at radius 2 is 1.82 bits per heavy atom. The molecular weight excluding hydrogens is 433 g/mol. The molecule has 3 aromatic heterocycles. The number of aromatic nitrogens is 3. The number of piperazine rings is 1. The van der Waals surface area contributed by atoms with Gasteiger partial charge < -0.3 is 9.80 Å². The van der Waals surface area contributed by atoms with E-state index in [0.29, 0.717) is 11.6 Å². The lowest BCUT2D eigenvalue weighted by molar-refractivity contribution is 0.509. The molecule has 1 fully saturated rings. The highest BCUT2D eigenvalue weighted by atomic mass is 32.1. The minimum Gasteiger partial charge on any atom is -0.366 e. The van der Waals surface area contributed by atoms with E-state index in [9.17, 15) is 4.39 Å². The molecular formula is C26H26FN5S. The number of pyridine rings is 1. The molecule has 0 spiro atoms. The first kappa shape index (κ1) is 20.5. The number of halogens is 1. The molecule has 0 amide bonds. The highest BCUT2D eigenvalue weighted by Crippen LogP contribution is 2.42. The van der Waals surface area contributed by atoms with Crippen LogP contribution in [0.15, 0.2) is 48.8 Å². The molecule has 1 aliphatic carbocycles. The van der Waals surface area contributed by atoms with E-state index in [1.807, 2.05) is 41.8 Å². The van der Waals surface area contributed by atoms with Gasteiger partial charge in [0.2, 0.25) is 0 Å². The normalized spacial score (nSPS) is 18.5. The molecule has 1 aliphatic heterocycles. The molecule has 5 nitrogen and oxygen atoms in total. The number of hydrogen-bond acceptors (Lipinski definition) is 6. The highest BCUT2D eigenvalue weighted by Gasteiger charge is 2.28. The van der Waals surface area contributed by atoms with Crippen LogP contribution in [-0.2, 0) is 12.8 Å². The van der Waals surface area contributed by atoms with Gasteiger partial charge in [-0.15, -0.1) is 11.3 Å². The summed E-state index contributed by atoms with van der Waals surface area (Å²) in [7, 11) is 0. The first-order valence-corrected chi connectivity index (χ1v) is 12.5. The van der Waals surface area contributed by atoms with Crippen LogP contribution in [0.2, 0.25) is 0 Å². The van der Waals surface area contributed by atoms with Gasteiger partial charge in [0.05, 0.1) is 11.1 Å². The van der Waals surface area contributed by atoms with Gasteiger partial charge in [-0.05, 0) is 55.0 Å². The smallest absolute Gasteiger partial charge is 0.164 e. The first-order chi connectivity index (χ1) is 16.2. The van der Waals surface area contributed by atoms with Gasteiger partial charge in [-0.2, -0.15) is 0 Å². The zero-order valence-electron chi connectivity index (χ0n) is 18.7. The number of thiophene rings is 1. The predicted octanol–water partition coefficient (Wildman–Crippen LogP) is 5.34. The summed E-state index contributed by atoms with van der Waals surface area (Å²) < 4.78 is 14.3. The Kier molecular flexibility index (Phi) is 5.21. The van der Waals surface area contributed by atoms with Crippen LogP contribution >= 0.6 is 11.3 Å². The van der Waals surface area contributed by atoms with Crippen LogP contribution in [0.3, 0.4) is 0 Å². The summed E-state index contributed by atoms with van der Waals surface area (Å²) in [6.07, 6.45) is 7.03. The Hall–Kier alpha value is -3.06. The standard InChI is InChI=1S/C26H26FN5S/c1-17-8-9-19-22(15-17)33-26-23(19)25(29-24(30-26)18-5-4-10-28-16-18)32-13-11-31(12-14-32)21-7-3-2-6-20(21)27/h2-7,10,16-17H,8-9,11-15H2,1H3/t17-/m1/s1. The van der Waals surface area contributed by atoms with Crippen molar-refractivity contribution in [3.05, 3.63) is 65.0 Å². The average Bonchev–Trinajstić information content (AvgIpc) is 3.22. The predicted molar refractivity (Wildman–Crippen MR) is 133 cm³/mol. The van der Waals surface area contributed by atoms with E-state index in [2.05, 4.69) is 21.7 Å². The van der Waals surface area contributed by atoms with Crippen LogP contribution in [0.1, 0.15) is 23.8 Å². The Bertz CT molecular complexity index is 1300. The molecule has 0 unspecified atom stereocenters. The summed E-state index contributed by atoms with van der Waals surface area (Å²) >= 11 is 1.83. The Morgan fingerprint density at radius 1 is 1.00 bits per heavy atom. The molecule has 0 radical (unpaired) electrons. The van der Waals surface area contributed by atoms with Crippen molar-refractivity contribution in [2.45, 2.75) is 26.2 Å². The molecule has 0 saturated carbocycles. The zero-order chi connectivity index (χ0) is 22.4. The topological polar surface area (TPSA) is 45.2 Å². The third-order valence-corrected chi connectivity index (χ3v) is 7.98. The summed E-state index contributed by atoms with van der Waals surface area (Å²) in [6, 6.07) is 11.0. The van der Waals surface area contributed by atoms with E-state index in [4.69, 9.17) is 9.97 Å². The number of nitrogens with zero attached hydrogens (tertiary/aromatic N) is 5. The summed E-state index contributed by atoms with van der Waals surface area (Å²) in [5.41, 5.74) is 3.06. The van der Waals surface area contributed by atoms with Gasteiger partial charge in [0.1, 0.15) is 16.5 Å². The Labute approximate surface area is 196 Å². The van der Waals surface area contributed by atoms with Crippen molar-refractivity contribution in [2.24, 2.45) is 5.92 Å². The summed E-state index contributed by atoms with van der Waals surface area (Å²) in [6.45, 7) is 5.46. The second-order valence-electron chi connectivity index (χ2n) is 9.07. The maximum Gasteiger partial charge on any atom is 0.164 e. The van der Waals surface area contributed by atoms with E-state index in [1.165, 1.54) is 28.3 Å². The zero-order valence-corrected chi connectivity index (χ0v) is 19.5. The molecule has 33 heavy (non-hydrogen) atoms. The minimum atomic E-state index is -0.157. The molecule has 7 heteroatoms. The second-order valence-corrected chi connectivity index (χ2v) is 10.2. The summed E-state index contributed by atoms with van der Waals surface area (Å²) in [4.78, 5) is 21.4. The molecule has 6 rings (SSSR count). The maximum absolute atomic E-state index is 14.3. The number of para-hydroxylation sites is 1. The number of fused-ring (bicyclic) bond motifs is 3. The lowest BCUT2D eigenvalue weighted by Crippen LogP contribution is -2.47. The van der Waals surface area contributed by atoms with Crippen molar-refractivity contribution >= 4 is 33.1 Å². The maximum atomic E-state index is 14.3. The minimum absolute atomic E-state index is 0.157. The largest absolute Gasteiger partial charge is 0.366 e. The third-order valence-electron chi connectivity index (χ3n) is 6.83. The lowest BCUT2D eigenvalue weighted by Gasteiger charge is -2.37. The number of hydrogen-bond donors (Lipinski definition) is 0. The molecule has 1 aromatic carbocycles. The van der Waals surface area contributed by atoms with E-state index < -0.39 is 0 Å². The van der Waals surface area contributed by atoms with Crippen LogP contribution in [0, 0.1) is 11.7 Å². The van der Waals surface area contributed by atoms with Crippen LogP contribution in [-0.4, -0.2) is 41.1 Å². The molecule has 0 bridgehead atoms.